The lowest BCUT2D eigenvalue weighted by atomic mass is 10.2. The highest BCUT2D eigenvalue weighted by Gasteiger charge is 2.54. The van der Waals surface area contributed by atoms with E-state index in [2.05, 4.69) is 6.07 Å². The van der Waals surface area contributed by atoms with Crippen LogP contribution in [0.2, 0.25) is 0 Å². The van der Waals surface area contributed by atoms with Crippen molar-refractivity contribution in [2.24, 2.45) is 11.7 Å². The SMILES string of the molecule is CC(C)(C)S(=O)CC(N)C(=O)N1C(C#N)CC2CC21. The van der Waals surface area contributed by atoms with Gasteiger partial charge in [0.25, 0.3) is 0 Å². The Morgan fingerprint density at radius 2 is 2.16 bits per heavy atom. The van der Waals surface area contributed by atoms with E-state index in [1.165, 1.54) is 0 Å². The third-order valence-corrected chi connectivity index (χ3v) is 5.87. The number of nitriles is 1. The number of carbonyl (C=O) groups is 1. The Labute approximate surface area is 116 Å². The van der Waals surface area contributed by atoms with Gasteiger partial charge in [0.1, 0.15) is 6.04 Å². The molecule has 1 heterocycles. The molecule has 2 N–H and O–H groups in total. The molecule has 0 spiro atoms. The first-order valence-corrected chi connectivity index (χ1v) is 7.93. The van der Waals surface area contributed by atoms with Crippen LogP contribution in [-0.2, 0) is 15.6 Å². The van der Waals surface area contributed by atoms with E-state index in [9.17, 15) is 9.00 Å². The molecule has 0 aromatic rings. The zero-order chi connectivity index (χ0) is 14.4. The first-order valence-electron chi connectivity index (χ1n) is 6.61. The largest absolute Gasteiger partial charge is 0.322 e. The van der Waals surface area contributed by atoms with Crippen molar-refractivity contribution in [3.8, 4) is 6.07 Å². The number of nitrogens with zero attached hydrogens (tertiary/aromatic N) is 2. The van der Waals surface area contributed by atoms with Gasteiger partial charge in [0.05, 0.1) is 12.1 Å². The average molecular weight is 283 g/mol. The van der Waals surface area contributed by atoms with Gasteiger partial charge in [-0.15, -0.1) is 0 Å². The molecule has 5 unspecified atom stereocenters. The van der Waals surface area contributed by atoms with Crippen LogP contribution in [0.3, 0.4) is 0 Å². The van der Waals surface area contributed by atoms with Gasteiger partial charge in [0, 0.05) is 27.3 Å². The maximum Gasteiger partial charge on any atom is 0.241 e. The number of piperidine rings is 1. The third-order valence-electron chi connectivity index (χ3n) is 3.84. The second-order valence-electron chi connectivity index (χ2n) is 6.42. The predicted octanol–water partition coefficient (Wildman–Crippen LogP) is 0.374. The van der Waals surface area contributed by atoms with Crippen LogP contribution in [-0.4, -0.2) is 43.6 Å². The number of fused-ring (bicyclic) bond motifs is 1. The lowest BCUT2D eigenvalue weighted by Gasteiger charge is -2.27. The number of nitrogens with two attached hydrogens (primary N) is 1. The summed E-state index contributed by atoms with van der Waals surface area (Å²) >= 11 is 0. The minimum absolute atomic E-state index is 0.161. The molecule has 1 aliphatic carbocycles. The summed E-state index contributed by atoms with van der Waals surface area (Å²) in [5.41, 5.74) is 5.90. The van der Waals surface area contributed by atoms with Gasteiger partial charge < -0.3 is 10.6 Å². The first-order chi connectivity index (χ1) is 8.75. The zero-order valence-corrected chi connectivity index (χ0v) is 12.4. The highest BCUT2D eigenvalue weighted by atomic mass is 32.2. The molecule has 2 aliphatic rings. The molecule has 106 valence electrons. The number of hydrogen-bond acceptors (Lipinski definition) is 4. The van der Waals surface area contributed by atoms with E-state index in [1.807, 2.05) is 20.8 Å². The van der Waals surface area contributed by atoms with Crippen molar-refractivity contribution in [1.29, 1.82) is 5.26 Å². The highest BCUT2D eigenvalue weighted by Crippen LogP contribution is 2.47. The van der Waals surface area contributed by atoms with Gasteiger partial charge in [-0.3, -0.25) is 9.00 Å². The molecule has 1 saturated heterocycles. The summed E-state index contributed by atoms with van der Waals surface area (Å²) in [6.07, 6.45) is 1.75. The van der Waals surface area contributed by atoms with Crippen LogP contribution >= 0.6 is 0 Å². The smallest absolute Gasteiger partial charge is 0.241 e. The van der Waals surface area contributed by atoms with E-state index in [1.54, 1.807) is 4.90 Å². The van der Waals surface area contributed by atoms with Crippen molar-refractivity contribution in [3.63, 3.8) is 0 Å². The quantitative estimate of drug-likeness (QED) is 0.811. The van der Waals surface area contributed by atoms with E-state index in [4.69, 9.17) is 11.0 Å². The molecule has 5 atom stereocenters. The number of likely N-dealkylation sites (tertiary alicyclic amines) is 1. The van der Waals surface area contributed by atoms with Crippen molar-refractivity contribution in [2.75, 3.05) is 5.75 Å². The topological polar surface area (TPSA) is 87.2 Å². The van der Waals surface area contributed by atoms with Crippen LogP contribution in [0.1, 0.15) is 33.6 Å². The average Bonchev–Trinajstić information content (AvgIpc) is 2.98. The standard InChI is InChI=1S/C13H21N3O2S/c1-13(2,3)19(18)7-10(15)12(17)16-9(6-14)4-8-5-11(8)16/h8-11H,4-5,7,15H2,1-3H3. The Morgan fingerprint density at radius 1 is 1.53 bits per heavy atom. The molecule has 0 aromatic carbocycles. The van der Waals surface area contributed by atoms with Crippen LogP contribution in [0.25, 0.3) is 0 Å². The predicted molar refractivity (Wildman–Crippen MR) is 73.5 cm³/mol. The van der Waals surface area contributed by atoms with Crippen LogP contribution in [0.5, 0.6) is 0 Å². The summed E-state index contributed by atoms with van der Waals surface area (Å²) in [6, 6.07) is 1.26. The van der Waals surface area contributed by atoms with Crippen molar-refractivity contribution in [1.82, 2.24) is 4.90 Å². The van der Waals surface area contributed by atoms with E-state index in [0.29, 0.717) is 5.92 Å². The molecule has 6 heteroatoms. The van der Waals surface area contributed by atoms with Gasteiger partial charge >= 0.3 is 0 Å². The molecule has 1 saturated carbocycles. The molecule has 2 fully saturated rings. The molecule has 0 radical (unpaired) electrons. The second-order valence-corrected chi connectivity index (χ2v) is 8.67. The lowest BCUT2D eigenvalue weighted by Crippen LogP contribution is -2.50. The molecule has 19 heavy (non-hydrogen) atoms. The Morgan fingerprint density at radius 3 is 2.68 bits per heavy atom. The van der Waals surface area contributed by atoms with Gasteiger partial charge in [0.2, 0.25) is 5.91 Å². The summed E-state index contributed by atoms with van der Waals surface area (Å²) in [5.74, 6) is 0.428. The minimum atomic E-state index is -1.15. The van der Waals surface area contributed by atoms with Crippen LogP contribution in [0.15, 0.2) is 0 Å². The Balaban J connectivity index is 2.00. The van der Waals surface area contributed by atoms with Gasteiger partial charge in [-0.1, -0.05) is 0 Å². The summed E-state index contributed by atoms with van der Waals surface area (Å²) in [5, 5.41) is 9.07. The van der Waals surface area contributed by atoms with Crippen molar-refractivity contribution < 1.29 is 9.00 Å². The van der Waals surface area contributed by atoms with Crippen LogP contribution < -0.4 is 5.73 Å². The Hall–Kier alpha value is -0.930. The fraction of sp³-hybridized carbons (Fsp3) is 0.846. The van der Waals surface area contributed by atoms with E-state index >= 15 is 0 Å². The van der Waals surface area contributed by atoms with E-state index < -0.39 is 16.8 Å². The zero-order valence-electron chi connectivity index (χ0n) is 11.6. The molecule has 2 rings (SSSR count). The van der Waals surface area contributed by atoms with Gasteiger partial charge in [0.15, 0.2) is 0 Å². The number of hydrogen-bond donors (Lipinski definition) is 1. The minimum Gasteiger partial charge on any atom is -0.322 e. The second kappa shape index (κ2) is 4.88. The molecular weight excluding hydrogens is 262 g/mol. The van der Waals surface area contributed by atoms with Gasteiger partial charge in [-0.25, -0.2) is 0 Å². The molecule has 1 amide bonds. The van der Waals surface area contributed by atoms with Crippen LogP contribution in [0.4, 0.5) is 0 Å². The number of rotatable bonds is 3. The first kappa shape index (κ1) is 14.5. The Bertz CT molecular complexity index is 452. The van der Waals surface area contributed by atoms with Crippen molar-refractivity contribution in [2.45, 2.75) is 56.5 Å². The van der Waals surface area contributed by atoms with Gasteiger partial charge in [-0.05, 0) is 39.5 Å². The maximum absolute atomic E-state index is 12.3. The monoisotopic (exact) mass is 283 g/mol. The normalized spacial score (nSPS) is 32.4. The Kier molecular flexibility index (Phi) is 3.72. The van der Waals surface area contributed by atoms with E-state index in [-0.39, 0.29) is 28.5 Å². The van der Waals surface area contributed by atoms with E-state index in [0.717, 1.165) is 12.8 Å². The summed E-state index contributed by atoms with van der Waals surface area (Å²) in [7, 11) is -1.15. The summed E-state index contributed by atoms with van der Waals surface area (Å²) in [6.45, 7) is 5.60. The van der Waals surface area contributed by atoms with Crippen molar-refractivity contribution >= 4 is 16.7 Å². The molecule has 0 bridgehead atoms. The molecule has 0 aromatic heterocycles. The van der Waals surface area contributed by atoms with Crippen LogP contribution in [0, 0.1) is 17.2 Å². The van der Waals surface area contributed by atoms with Crippen molar-refractivity contribution in [3.05, 3.63) is 0 Å². The number of amides is 1. The van der Waals surface area contributed by atoms with Gasteiger partial charge in [-0.2, -0.15) is 5.26 Å². The fourth-order valence-corrected chi connectivity index (χ4v) is 3.53. The maximum atomic E-state index is 12.3. The number of carbonyl (C=O) groups excluding carboxylic acids is 1. The molecular formula is C13H21N3O2S. The third kappa shape index (κ3) is 2.82. The lowest BCUT2D eigenvalue weighted by molar-refractivity contribution is -0.133. The summed E-state index contributed by atoms with van der Waals surface area (Å²) in [4.78, 5) is 14.0. The molecule has 1 aliphatic heterocycles. The molecule has 5 nitrogen and oxygen atoms in total. The summed E-state index contributed by atoms with van der Waals surface area (Å²) < 4.78 is 11.7. The highest BCUT2D eigenvalue weighted by molar-refractivity contribution is 7.86. The fourth-order valence-electron chi connectivity index (χ4n) is 2.56.